The molecule has 4 heteroatoms. The molecule has 2 aliphatic rings. The summed E-state index contributed by atoms with van der Waals surface area (Å²) in [6.45, 7) is 1.92. The monoisotopic (exact) mass is 240 g/mol. The van der Waals surface area contributed by atoms with E-state index in [1.807, 2.05) is 6.92 Å². The molecule has 2 aliphatic carbocycles. The predicted molar refractivity (Wildman–Crippen MR) is 61.5 cm³/mol. The van der Waals surface area contributed by atoms with Crippen molar-refractivity contribution < 1.29 is 19.4 Å². The Morgan fingerprint density at radius 3 is 1.94 bits per heavy atom. The third kappa shape index (κ3) is 2.17. The zero-order valence-electron chi connectivity index (χ0n) is 10.3. The molecule has 0 aromatic rings. The van der Waals surface area contributed by atoms with Gasteiger partial charge in [-0.1, -0.05) is 12.8 Å². The first kappa shape index (κ1) is 12.4. The van der Waals surface area contributed by atoms with Crippen LogP contribution in [0.25, 0.3) is 0 Å². The van der Waals surface area contributed by atoms with Crippen molar-refractivity contribution in [2.24, 2.45) is 5.41 Å². The van der Waals surface area contributed by atoms with E-state index in [9.17, 15) is 14.7 Å². The van der Waals surface area contributed by atoms with Crippen molar-refractivity contribution in [2.45, 2.75) is 63.9 Å². The van der Waals surface area contributed by atoms with Crippen LogP contribution in [-0.2, 0) is 14.3 Å². The maximum atomic E-state index is 12.2. The second-order valence-corrected chi connectivity index (χ2v) is 5.64. The molecule has 2 rings (SSSR count). The smallest absolute Gasteiger partial charge is 0.324 e. The highest BCUT2D eigenvalue weighted by Gasteiger charge is 2.51. The lowest BCUT2D eigenvalue weighted by Crippen LogP contribution is -2.42. The summed E-state index contributed by atoms with van der Waals surface area (Å²) in [7, 11) is 0. The van der Waals surface area contributed by atoms with Crippen molar-refractivity contribution in [3.05, 3.63) is 0 Å². The van der Waals surface area contributed by atoms with Crippen molar-refractivity contribution in [3.63, 3.8) is 0 Å². The van der Waals surface area contributed by atoms with E-state index in [1.165, 1.54) is 0 Å². The van der Waals surface area contributed by atoms with Crippen LogP contribution in [0, 0.1) is 5.41 Å². The number of carbonyl (C=O) groups is 2. The number of hydrogen-bond acceptors (Lipinski definition) is 3. The molecule has 4 nitrogen and oxygen atoms in total. The van der Waals surface area contributed by atoms with Gasteiger partial charge in [0.15, 0.2) is 5.41 Å². The SMILES string of the molecule is CC1(OC(=O)C2(C(=O)O)CCCC2)CCCC1. The van der Waals surface area contributed by atoms with Crippen molar-refractivity contribution in [1.29, 1.82) is 0 Å². The number of carbonyl (C=O) groups excluding carboxylic acids is 1. The molecule has 17 heavy (non-hydrogen) atoms. The largest absolute Gasteiger partial charge is 0.480 e. The van der Waals surface area contributed by atoms with E-state index < -0.39 is 23.0 Å². The number of hydrogen-bond donors (Lipinski definition) is 1. The Morgan fingerprint density at radius 1 is 1.00 bits per heavy atom. The lowest BCUT2D eigenvalue weighted by Gasteiger charge is -2.30. The quantitative estimate of drug-likeness (QED) is 0.608. The molecule has 0 unspecified atom stereocenters. The van der Waals surface area contributed by atoms with Gasteiger partial charge in [0.2, 0.25) is 0 Å². The van der Waals surface area contributed by atoms with Crippen LogP contribution in [0.2, 0.25) is 0 Å². The highest BCUT2D eigenvalue weighted by molar-refractivity contribution is 5.99. The van der Waals surface area contributed by atoms with Crippen LogP contribution in [0.4, 0.5) is 0 Å². The second kappa shape index (κ2) is 4.31. The van der Waals surface area contributed by atoms with E-state index in [0.717, 1.165) is 38.5 Å². The van der Waals surface area contributed by atoms with Crippen LogP contribution in [0.1, 0.15) is 58.3 Å². The minimum Gasteiger partial charge on any atom is -0.480 e. The Balaban J connectivity index is 2.10. The van der Waals surface area contributed by atoms with Crippen LogP contribution in [0.15, 0.2) is 0 Å². The number of rotatable bonds is 3. The number of esters is 1. The Hall–Kier alpha value is -1.06. The Morgan fingerprint density at radius 2 is 1.47 bits per heavy atom. The third-order valence-corrected chi connectivity index (χ3v) is 4.26. The van der Waals surface area contributed by atoms with Gasteiger partial charge < -0.3 is 9.84 Å². The summed E-state index contributed by atoms with van der Waals surface area (Å²) in [6.07, 6.45) is 6.29. The molecule has 0 radical (unpaired) electrons. The van der Waals surface area contributed by atoms with E-state index in [4.69, 9.17) is 4.74 Å². The minimum atomic E-state index is -1.26. The summed E-state index contributed by atoms with van der Waals surface area (Å²) >= 11 is 0. The molecule has 0 bridgehead atoms. The van der Waals surface area contributed by atoms with Gasteiger partial charge in [0, 0.05) is 0 Å². The molecule has 96 valence electrons. The van der Waals surface area contributed by atoms with Gasteiger partial charge >= 0.3 is 11.9 Å². The van der Waals surface area contributed by atoms with Crippen molar-refractivity contribution >= 4 is 11.9 Å². The van der Waals surface area contributed by atoms with E-state index in [0.29, 0.717) is 12.8 Å². The van der Waals surface area contributed by atoms with E-state index in [2.05, 4.69) is 0 Å². The van der Waals surface area contributed by atoms with Gasteiger partial charge in [-0.25, -0.2) is 0 Å². The molecule has 0 amide bonds. The summed E-state index contributed by atoms with van der Waals surface area (Å²) < 4.78 is 5.53. The zero-order chi connectivity index (χ0) is 12.5. The van der Waals surface area contributed by atoms with Crippen molar-refractivity contribution in [3.8, 4) is 0 Å². The van der Waals surface area contributed by atoms with Crippen LogP contribution in [0.3, 0.4) is 0 Å². The summed E-state index contributed by atoms with van der Waals surface area (Å²) in [5.74, 6) is -1.52. The molecular formula is C13H20O4. The van der Waals surface area contributed by atoms with Crippen LogP contribution in [-0.4, -0.2) is 22.6 Å². The van der Waals surface area contributed by atoms with Gasteiger partial charge in [0.25, 0.3) is 0 Å². The lowest BCUT2D eigenvalue weighted by molar-refractivity contribution is -0.178. The molecule has 0 saturated heterocycles. The first-order chi connectivity index (χ1) is 7.99. The summed E-state index contributed by atoms with van der Waals surface area (Å²) in [6, 6.07) is 0. The molecule has 1 N–H and O–H groups in total. The van der Waals surface area contributed by atoms with E-state index >= 15 is 0 Å². The number of aliphatic carboxylic acids is 1. The molecule has 0 aromatic carbocycles. The van der Waals surface area contributed by atoms with Gasteiger partial charge in [0.05, 0.1) is 0 Å². The zero-order valence-corrected chi connectivity index (χ0v) is 10.3. The normalized spacial score (nSPS) is 25.7. The third-order valence-electron chi connectivity index (χ3n) is 4.26. The molecular weight excluding hydrogens is 220 g/mol. The van der Waals surface area contributed by atoms with Gasteiger partial charge in [-0.2, -0.15) is 0 Å². The standard InChI is InChI=1S/C13H20O4/c1-12(6-2-3-7-12)17-11(16)13(10(14)15)8-4-5-9-13/h2-9H2,1H3,(H,14,15). The number of carboxylic acid groups (broad SMARTS) is 1. The molecule has 2 saturated carbocycles. The number of carboxylic acids is 1. The van der Waals surface area contributed by atoms with Crippen LogP contribution < -0.4 is 0 Å². The summed E-state index contributed by atoms with van der Waals surface area (Å²) in [5.41, 5.74) is -1.69. The van der Waals surface area contributed by atoms with Gasteiger partial charge in [-0.05, 0) is 45.4 Å². The Bertz CT molecular complexity index is 322. The van der Waals surface area contributed by atoms with Crippen molar-refractivity contribution in [1.82, 2.24) is 0 Å². The highest BCUT2D eigenvalue weighted by atomic mass is 16.6. The van der Waals surface area contributed by atoms with Gasteiger partial charge in [0.1, 0.15) is 5.60 Å². The fraction of sp³-hybridized carbons (Fsp3) is 0.846. The molecule has 0 heterocycles. The molecule has 2 fully saturated rings. The Labute approximate surface area is 101 Å². The minimum absolute atomic E-state index is 0.428. The fourth-order valence-electron chi connectivity index (χ4n) is 3.03. The van der Waals surface area contributed by atoms with Crippen LogP contribution in [0.5, 0.6) is 0 Å². The number of ether oxygens (including phenoxy) is 1. The van der Waals surface area contributed by atoms with Gasteiger partial charge in [-0.3, -0.25) is 9.59 Å². The Kier molecular flexibility index (Phi) is 3.15. The predicted octanol–water partition coefficient (Wildman–Crippen LogP) is 2.51. The maximum Gasteiger partial charge on any atom is 0.324 e. The van der Waals surface area contributed by atoms with E-state index in [-0.39, 0.29) is 0 Å². The first-order valence-electron chi connectivity index (χ1n) is 6.45. The van der Waals surface area contributed by atoms with Gasteiger partial charge in [-0.15, -0.1) is 0 Å². The van der Waals surface area contributed by atoms with E-state index in [1.54, 1.807) is 0 Å². The average Bonchev–Trinajstić information content (AvgIpc) is 2.86. The molecule has 0 aromatic heterocycles. The average molecular weight is 240 g/mol. The van der Waals surface area contributed by atoms with Crippen LogP contribution >= 0.6 is 0 Å². The van der Waals surface area contributed by atoms with Crippen molar-refractivity contribution in [2.75, 3.05) is 0 Å². The molecule has 0 atom stereocenters. The molecule has 0 spiro atoms. The highest BCUT2D eigenvalue weighted by Crippen LogP contribution is 2.42. The topological polar surface area (TPSA) is 63.6 Å². The fourth-order valence-corrected chi connectivity index (χ4v) is 3.03. The maximum absolute atomic E-state index is 12.2. The first-order valence-corrected chi connectivity index (χ1v) is 6.45. The lowest BCUT2D eigenvalue weighted by atomic mass is 9.86. The summed E-state index contributed by atoms with van der Waals surface area (Å²) in [5, 5.41) is 9.29. The molecule has 0 aliphatic heterocycles. The second-order valence-electron chi connectivity index (χ2n) is 5.64. The summed E-state index contributed by atoms with van der Waals surface area (Å²) in [4.78, 5) is 23.5.